The predicted octanol–water partition coefficient (Wildman–Crippen LogP) is 5.53. The molecule has 0 aromatic heterocycles. The van der Waals surface area contributed by atoms with E-state index in [4.69, 9.17) is 0 Å². The molecule has 0 saturated carbocycles. The van der Waals surface area contributed by atoms with Crippen LogP contribution in [0.2, 0.25) is 0 Å². The van der Waals surface area contributed by atoms with E-state index in [0.717, 1.165) is 22.2 Å². The van der Waals surface area contributed by atoms with Gasteiger partial charge in [0.2, 0.25) is 0 Å². The number of nitrogens with zero attached hydrogens (tertiary/aromatic N) is 1. The van der Waals surface area contributed by atoms with Crippen LogP contribution in [0.1, 0.15) is 16.7 Å². The summed E-state index contributed by atoms with van der Waals surface area (Å²) < 4.78 is 39.0. The Balaban J connectivity index is 2.45. The Morgan fingerprint density at radius 2 is 1.81 bits per heavy atom. The highest BCUT2D eigenvalue weighted by Gasteiger charge is 2.30. The van der Waals surface area contributed by atoms with Gasteiger partial charge in [-0.15, -0.1) is 0 Å². The van der Waals surface area contributed by atoms with Crippen molar-refractivity contribution in [2.75, 3.05) is 0 Å². The zero-order valence-corrected chi connectivity index (χ0v) is 12.2. The first-order valence-electron chi connectivity index (χ1n) is 5.95. The summed E-state index contributed by atoms with van der Waals surface area (Å²) in [5.41, 5.74) is 0.389. The summed E-state index contributed by atoms with van der Waals surface area (Å²) in [7, 11) is 0. The summed E-state index contributed by atoms with van der Waals surface area (Å²) in [5, 5.41) is 9.19. The highest BCUT2D eigenvalue weighted by molar-refractivity contribution is 9.10. The van der Waals surface area contributed by atoms with Crippen molar-refractivity contribution in [3.8, 4) is 6.07 Å². The van der Waals surface area contributed by atoms with Gasteiger partial charge in [0.15, 0.2) is 0 Å². The van der Waals surface area contributed by atoms with Gasteiger partial charge in [-0.3, -0.25) is 0 Å². The van der Waals surface area contributed by atoms with E-state index in [-0.39, 0.29) is 11.1 Å². The summed E-state index contributed by atoms with van der Waals surface area (Å²) >= 11 is 3.31. The van der Waals surface area contributed by atoms with Crippen molar-refractivity contribution in [2.24, 2.45) is 0 Å². The van der Waals surface area contributed by atoms with Gasteiger partial charge in [0, 0.05) is 4.47 Å². The Morgan fingerprint density at radius 3 is 2.43 bits per heavy atom. The van der Waals surface area contributed by atoms with Crippen molar-refractivity contribution >= 4 is 27.6 Å². The van der Waals surface area contributed by atoms with Crippen molar-refractivity contribution in [1.29, 1.82) is 5.26 Å². The number of halogens is 4. The average Bonchev–Trinajstić information content (AvgIpc) is 2.44. The number of hydrogen-bond acceptors (Lipinski definition) is 1. The first kappa shape index (κ1) is 15.3. The van der Waals surface area contributed by atoms with Crippen LogP contribution in [0.15, 0.2) is 53.0 Å². The quantitative estimate of drug-likeness (QED) is 0.515. The van der Waals surface area contributed by atoms with Gasteiger partial charge >= 0.3 is 6.18 Å². The molecule has 106 valence electrons. The van der Waals surface area contributed by atoms with Crippen LogP contribution in [0, 0.1) is 11.3 Å². The molecule has 0 amide bonds. The molecule has 2 rings (SSSR count). The molecule has 0 fully saturated rings. The van der Waals surface area contributed by atoms with Crippen molar-refractivity contribution in [3.63, 3.8) is 0 Å². The second-order valence-corrected chi connectivity index (χ2v) is 5.22. The van der Waals surface area contributed by atoms with Crippen LogP contribution >= 0.6 is 15.9 Å². The van der Waals surface area contributed by atoms with Gasteiger partial charge in [0.1, 0.15) is 0 Å². The van der Waals surface area contributed by atoms with E-state index in [1.54, 1.807) is 24.3 Å². The van der Waals surface area contributed by atoms with Crippen LogP contribution in [0.25, 0.3) is 11.6 Å². The first-order valence-corrected chi connectivity index (χ1v) is 6.74. The van der Waals surface area contributed by atoms with Gasteiger partial charge in [-0.1, -0.05) is 40.2 Å². The molecule has 0 atom stereocenters. The number of allylic oxidation sites excluding steroid dienone is 1. The molecule has 1 nitrogen and oxygen atoms in total. The maximum absolute atomic E-state index is 12.7. The molecule has 0 radical (unpaired) electrons. The van der Waals surface area contributed by atoms with Crippen LogP contribution in [0.3, 0.4) is 0 Å². The number of nitriles is 1. The molecule has 2 aromatic carbocycles. The Kier molecular flexibility index (Phi) is 4.49. The van der Waals surface area contributed by atoms with Gasteiger partial charge in [-0.25, -0.2) is 0 Å². The standard InChI is InChI=1S/C16H9BrF3N/c17-15-6-1-3-11(8-15)7-13(10-21)12-4-2-5-14(9-12)16(18,19)20/h1-9H/b13-7+. The molecule has 0 saturated heterocycles. The minimum absolute atomic E-state index is 0.180. The van der Waals surface area contributed by atoms with Gasteiger partial charge in [0.05, 0.1) is 17.2 Å². The monoisotopic (exact) mass is 351 g/mol. The van der Waals surface area contributed by atoms with E-state index in [9.17, 15) is 18.4 Å². The Labute approximate surface area is 128 Å². The summed E-state index contributed by atoms with van der Waals surface area (Å²) in [6.07, 6.45) is -2.87. The third-order valence-corrected chi connectivity index (χ3v) is 3.27. The van der Waals surface area contributed by atoms with Crippen LogP contribution in [-0.2, 0) is 6.18 Å². The molecule has 2 aromatic rings. The summed E-state index contributed by atoms with van der Waals surface area (Å²) in [4.78, 5) is 0. The number of hydrogen-bond donors (Lipinski definition) is 0. The molecule has 21 heavy (non-hydrogen) atoms. The molecule has 0 aliphatic rings. The third-order valence-electron chi connectivity index (χ3n) is 2.78. The normalized spacial score (nSPS) is 12.0. The second kappa shape index (κ2) is 6.15. The summed E-state index contributed by atoms with van der Waals surface area (Å²) in [6, 6.07) is 13.9. The molecule has 0 bridgehead atoms. The SMILES string of the molecule is N#C/C(=C\c1cccc(Br)c1)c1cccc(C(F)(F)F)c1. The molecule has 0 N–H and O–H groups in total. The van der Waals surface area contributed by atoms with E-state index >= 15 is 0 Å². The smallest absolute Gasteiger partial charge is 0.192 e. The van der Waals surface area contributed by atoms with E-state index in [1.807, 2.05) is 12.1 Å². The van der Waals surface area contributed by atoms with E-state index in [0.29, 0.717) is 0 Å². The van der Waals surface area contributed by atoms with Gasteiger partial charge in [-0.2, -0.15) is 18.4 Å². The zero-order valence-electron chi connectivity index (χ0n) is 10.7. The molecule has 0 spiro atoms. The Morgan fingerprint density at radius 1 is 1.10 bits per heavy atom. The molecular weight excluding hydrogens is 343 g/mol. The number of alkyl halides is 3. The molecule has 0 unspecified atom stereocenters. The predicted molar refractivity (Wildman–Crippen MR) is 79.1 cm³/mol. The van der Waals surface area contributed by atoms with E-state index in [1.165, 1.54) is 12.1 Å². The largest absolute Gasteiger partial charge is 0.416 e. The Hall–Kier alpha value is -2.06. The van der Waals surface area contributed by atoms with E-state index in [2.05, 4.69) is 15.9 Å². The van der Waals surface area contributed by atoms with Crippen molar-refractivity contribution < 1.29 is 13.2 Å². The molecule has 0 aliphatic heterocycles. The first-order chi connectivity index (χ1) is 9.90. The fourth-order valence-corrected chi connectivity index (χ4v) is 2.22. The van der Waals surface area contributed by atoms with Gasteiger partial charge < -0.3 is 0 Å². The lowest BCUT2D eigenvalue weighted by Crippen LogP contribution is -2.04. The minimum Gasteiger partial charge on any atom is -0.192 e. The minimum atomic E-state index is -4.42. The van der Waals surface area contributed by atoms with Crippen molar-refractivity contribution in [2.45, 2.75) is 6.18 Å². The highest BCUT2D eigenvalue weighted by Crippen LogP contribution is 2.31. The van der Waals surface area contributed by atoms with Crippen LogP contribution in [-0.4, -0.2) is 0 Å². The van der Waals surface area contributed by atoms with Crippen LogP contribution in [0.5, 0.6) is 0 Å². The van der Waals surface area contributed by atoms with Gasteiger partial charge in [-0.05, 0) is 41.5 Å². The van der Waals surface area contributed by atoms with Gasteiger partial charge in [0.25, 0.3) is 0 Å². The summed E-state index contributed by atoms with van der Waals surface area (Å²) in [6.45, 7) is 0. The second-order valence-electron chi connectivity index (χ2n) is 4.30. The average molecular weight is 352 g/mol. The van der Waals surface area contributed by atoms with Crippen molar-refractivity contribution in [1.82, 2.24) is 0 Å². The Bertz CT molecular complexity index is 727. The topological polar surface area (TPSA) is 23.8 Å². The van der Waals surface area contributed by atoms with Crippen LogP contribution in [0.4, 0.5) is 13.2 Å². The van der Waals surface area contributed by atoms with Crippen LogP contribution < -0.4 is 0 Å². The zero-order chi connectivity index (χ0) is 15.5. The fourth-order valence-electron chi connectivity index (χ4n) is 1.81. The lowest BCUT2D eigenvalue weighted by atomic mass is 10.0. The molecular formula is C16H9BrF3N. The fraction of sp³-hybridized carbons (Fsp3) is 0.0625. The summed E-state index contributed by atoms with van der Waals surface area (Å²) in [5.74, 6) is 0. The maximum Gasteiger partial charge on any atom is 0.416 e. The molecule has 0 heterocycles. The molecule has 5 heteroatoms. The highest BCUT2D eigenvalue weighted by atomic mass is 79.9. The third kappa shape index (κ3) is 3.96. The number of rotatable bonds is 2. The van der Waals surface area contributed by atoms with Crippen molar-refractivity contribution in [3.05, 3.63) is 69.7 Å². The van der Waals surface area contributed by atoms with E-state index < -0.39 is 11.7 Å². The number of benzene rings is 2. The lowest BCUT2D eigenvalue weighted by Gasteiger charge is -2.08. The molecule has 0 aliphatic carbocycles. The lowest BCUT2D eigenvalue weighted by molar-refractivity contribution is -0.137. The maximum atomic E-state index is 12.7.